The Morgan fingerprint density at radius 2 is 2.06 bits per heavy atom. The van der Waals surface area contributed by atoms with E-state index in [0.29, 0.717) is 18.9 Å². The number of pyridine rings is 1. The molecule has 18 heavy (non-hydrogen) atoms. The lowest BCUT2D eigenvalue weighted by molar-refractivity contribution is -0.137. The molecule has 102 valence electrons. The summed E-state index contributed by atoms with van der Waals surface area (Å²) in [6, 6.07) is 2.13. The quantitative estimate of drug-likeness (QED) is 0.886. The van der Waals surface area contributed by atoms with Crippen LogP contribution in [0.2, 0.25) is 0 Å². The largest absolute Gasteiger partial charge is 0.416 e. The molecule has 1 aromatic rings. The SMILES string of the molecule is CC(C)N(CCCN)c1cc(C(F)(F)F)ccn1. The van der Waals surface area contributed by atoms with Gasteiger partial charge in [-0.25, -0.2) is 4.98 Å². The minimum Gasteiger partial charge on any atom is -0.354 e. The van der Waals surface area contributed by atoms with Crippen molar-refractivity contribution in [2.24, 2.45) is 5.73 Å². The van der Waals surface area contributed by atoms with Crippen molar-refractivity contribution in [2.75, 3.05) is 18.0 Å². The standard InChI is InChI=1S/C12H18F3N3/c1-9(2)18(7-3-5-16)11-8-10(4-6-17-11)12(13,14)15/h4,6,8-9H,3,5,7,16H2,1-2H3. The summed E-state index contributed by atoms with van der Waals surface area (Å²) < 4.78 is 37.9. The molecule has 0 saturated heterocycles. The normalized spacial score (nSPS) is 11.9. The number of hydrogen-bond donors (Lipinski definition) is 1. The Balaban J connectivity index is 2.98. The van der Waals surface area contributed by atoms with Crippen LogP contribution >= 0.6 is 0 Å². The van der Waals surface area contributed by atoms with E-state index in [1.54, 1.807) is 0 Å². The van der Waals surface area contributed by atoms with Crippen molar-refractivity contribution in [1.29, 1.82) is 0 Å². The zero-order valence-corrected chi connectivity index (χ0v) is 10.5. The van der Waals surface area contributed by atoms with Gasteiger partial charge in [-0.2, -0.15) is 13.2 Å². The van der Waals surface area contributed by atoms with E-state index in [1.807, 2.05) is 18.7 Å². The number of nitrogens with zero attached hydrogens (tertiary/aromatic N) is 2. The summed E-state index contributed by atoms with van der Waals surface area (Å²) in [4.78, 5) is 5.83. The van der Waals surface area contributed by atoms with Crippen LogP contribution in [-0.4, -0.2) is 24.1 Å². The predicted molar refractivity (Wildman–Crippen MR) is 65.4 cm³/mol. The Hall–Kier alpha value is -1.30. The fourth-order valence-corrected chi connectivity index (χ4v) is 1.65. The molecule has 2 N–H and O–H groups in total. The monoisotopic (exact) mass is 261 g/mol. The molecule has 6 heteroatoms. The van der Waals surface area contributed by atoms with Crippen molar-refractivity contribution in [1.82, 2.24) is 4.98 Å². The van der Waals surface area contributed by atoms with Gasteiger partial charge in [0.25, 0.3) is 0 Å². The second-order valence-electron chi connectivity index (χ2n) is 4.33. The second kappa shape index (κ2) is 6.04. The molecular formula is C12H18F3N3. The molecule has 0 saturated carbocycles. The Kier molecular flexibility index (Phi) is 4.95. The van der Waals surface area contributed by atoms with Crippen LogP contribution in [0.1, 0.15) is 25.8 Å². The summed E-state index contributed by atoms with van der Waals surface area (Å²) >= 11 is 0. The molecule has 0 amide bonds. The molecule has 0 fully saturated rings. The lowest BCUT2D eigenvalue weighted by Gasteiger charge is -2.28. The van der Waals surface area contributed by atoms with Crippen LogP contribution in [0.3, 0.4) is 0 Å². The third-order valence-corrected chi connectivity index (χ3v) is 2.59. The highest BCUT2D eigenvalue weighted by Crippen LogP contribution is 2.31. The minimum atomic E-state index is -4.34. The number of anilines is 1. The highest BCUT2D eigenvalue weighted by atomic mass is 19.4. The van der Waals surface area contributed by atoms with Crippen molar-refractivity contribution in [3.05, 3.63) is 23.9 Å². The number of nitrogens with two attached hydrogens (primary N) is 1. The number of hydrogen-bond acceptors (Lipinski definition) is 3. The smallest absolute Gasteiger partial charge is 0.354 e. The third kappa shape index (κ3) is 3.87. The third-order valence-electron chi connectivity index (χ3n) is 2.59. The Bertz CT molecular complexity index is 377. The molecule has 1 heterocycles. The zero-order valence-electron chi connectivity index (χ0n) is 10.5. The fourth-order valence-electron chi connectivity index (χ4n) is 1.65. The van der Waals surface area contributed by atoms with Gasteiger partial charge in [0, 0.05) is 18.8 Å². The first-order valence-corrected chi connectivity index (χ1v) is 5.86. The maximum atomic E-state index is 12.6. The Labute approximate surface area is 105 Å². The maximum absolute atomic E-state index is 12.6. The van der Waals surface area contributed by atoms with Gasteiger partial charge < -0.3 is 10.6 Å². The van der Waals surface area contributed by atoms with Crippen molar-refractivity contribution in [3.63, 3.8) is 0 Å². The summed E-state index contributed by atoms with van der Waals surface area (Å²) in [6.45, 7) is 4.93. The van der Waals surface area contributed by atoms with E-state index in [4.69, 9.17) is 5.73 Å². The minimum absolute atomic E-state index is 0.0764. The van der Waals surface area contributed by atoms with Crippen molar-refractivity contribution < 1.29 is 13.2 Å². The van der Waals surface area contributed by atoms with E-state index in [9.17, 15) is 13.2 Å². The number of alkyl halides is 3. The molecule has 0 aromatic carbocycles. The van der Waals surface area contributed by atoms with Crippen LogP contribution in [0, 0.1) is 0 Å². The molecule has 3 nitrogen and oxygen atoms in total. The first-order valence-electron chi connectivity index (χ1n) is 5.86. The summed E-state index contributed by atoms with van der Waals surface area (Å²) in [7, 11) is 0. The number of halogens is 3. The maximum Gasteiger partial charge on any atom is 0.416 e. The van der Waals surface area contributed by atoms with E-state index >= 15 is 0 Å². The van der Waals surface area contributed by atoms with Crippen LogP contribution in [0.5, 0.6) is 0 Å². The number of aromatic nitrogens is 1. The van der Waals surface area contributed by atoms with Gasteiger partial charge in [-0.3, -0.25) is 0 Å². The summed E-state index contributed by atoms with van der Waals surface area (Å²) in [5.74, 6) is 0.341. The van der Waals surface area contributed by atoms with E-state index < -0.39 is 11.7 Å². The van der Waals surface area contributed by atoms with Gasteiger partial charge in [0.2, 0.25) is 0 Å². The topological polar surface area (TPSA) is 42.1 Å². The van der Waals surface area contributed by atoms with Crippen molar-refractivity contribution in [3.8, 4) is 0 Å². The molecule has 0 aliphatic rings. The van der Waals surface area contributed by atoms with Gasteiger partial charge in [-0.05, 0) is 38.9 Å². The molecule has 0 spiro atoms. The number of rotatable bonds is 5. The van der Waals surface area contributed by atoms with Crippen molar-refractivity contribution >= 4 is 5.82 Å². The molecule has 0 bridgehead atoms. The second-order valence-corrected chi connectivity index (χ2v) is 4.33. The van der Waals surface area contributed by atoms with Gasteiger partial charge in [-0.1, -0.05) is 0 Å². The summed E-state index contributed by atoms with van der Waals surface area (Å²) in [5.41, 5.74) is 4.75. The van der Waals surface area contributed by atoms with Gasteiger partial charge in [0.05, 0.1) is 5.56 Å². The molecule has 0 atom stereocenters. The lowest BCUT2D eigenvalue weighted by Crippen LogP contribution is -2.33. The van der Waals surface area contributed by atoms with E-state index in [0.717, 1.165) is 18.6 Å². The van der Waals surface area contributed by atoms with Gasteiger partial charge in [-0.15, -0.1) is 0 Å². The molecule has 1 rings (SSSR count). The van der Waals surface area contributed by atoms with Gasteiger partial charge in [0.1, 0.15) is 5.82 Å². The fraction of sp³-hybridized carbons (Fsp3) is 0.583. The molecule has 0 aliphatic heterocycles. The lowest BCUT2D eigenvalue weighted by atomic mass is 10.2. The Morgan fingerprint density at radius 3 is 2.56 bits per heavy atom. The molecule has 0 aliphatic carbocycles. The first-order chi connectivity index (χ1) is 8.36. The van der Waals surface area contributed by atoms with E-state index in [-0.39, 0.29) is 6.04 Å². The average Bonchev–Trinajstić information content (AvgIpc) is 2.28. The van der Waals surface area contributed by atoms with Crippen LogP contribution in [0.25, 0.3) is 0 Å². The van der Waals surface area contributed by atoms with Crippen molar-refractivity contribution in [2.45, 2.75) is 32.5 Å². The highest BCUT2D eigenvalue weighted by Gasteiger charge is 2.31. The molecule has 1 aromatic heterocycles. The molecule has 0 radical (unpaired) electrons. The van der Waals surface area contributed by atoms with E-state index in [2.05, 4.69) is 4.98 Å². The average molecular weight is 261 g/mol. The Morgan fingerprint density at radius 1 is 1.39 bits per heavy atom. The zero-order chi connectivity index (χ0) is 13.8. The van der Waals surface area contributed by atoms with Crippen LogP contribution < -0.4 is 10.6 Å². The van der Waals surface area contributed by atoms with Crippen LogP contribution in [0.15, 0.2) is 18.3 Å². The molecular weight excluding hydrogens is 243 g/mol. The van der Waals surface area contributed by atoms with Gasteiger partial charge in [0.15, 0.2) is 0 Å². The summed E-state index contributed by atoms with van der Waals surface area (Å²) in [5, 5.41) is 0. The summed E-state index contributed by atoms with van der Waals surface area (Å²) in [6.07, 6.45) is -2.43. The highest BCUT2D eigenvalue weighted by molar-refractivity contribution is 5.42. The van der Waals surface area contributed by atoms with Crippen LogP contribution in [-0.2, 0) is 6.18 Å². The predicted octanol–water partition coefficient (Wildman–Crippen LogP) is 2.66. The van der Waals surface area contributed by atoms with Crippen LogP contribution in [0.4, 0.5) is 19.0 Å². The molecule has 0 unspecified atom stereocenters. The first kappa shape index (κ1) is 14.8. The van der Waals surface area contributed by atoms with E-state index in [1.165, 1.54) is 6.20 Å². The van der Waals surface area contributed by atoms with Gasteiger partial charge >= 0.3 is 6.18 Å².